The van der Waals surface area contributed by atoms with Gasteiger partial charge in [0.15, 0.2) is 11.5 Å². The minimum atomic E-state index is -3.86. The van der Waals surface area contributed by atoms with Crippen LogP contribution in [0.15, 0.2) is 59.5 Å². The van der Waals surface area contributed by atoms with E-state index in [1.807, 2.05) is 6.92 Å². The molecule has 1 heterocycles. The molecule has 4 rings (SSSR count). The first-order valence-electron chi connectivity index (χ1n) is 9.95. The van der Waals surface area contributed by atoms with Crippen LogP contribution in [-0.4, -0.2) is 34.6 Å². The van der Waals surface area contributed by atoms with Crippen LogP contribution in [0.4, 0.5) is 11.4 Å². The van der Waals surface area contributed by atoms with Crippen molar-refractivity contribution in [1.82, 2.24) is 0 Å². The van der Waals surface area contributed by atoms with Gasteiger partial charge in [0.2, 0.25) is 0 Å². The molecule has 10 heteroatoms. The van der Waals surface area contributed by atoms with Crippen LogP contribution in [0.3, 0.4) is 0 Å². The Morgan fingerprint density at radius 2 is 1.70 bits per heavy atom. The van der Waals surface area contributed by atoms with Gasteiger partial charge in [-0.05, 0) is 55.0 Å². The summed E-state index contributed by atoms with van der Waals surface area (Å²) in [7, 11) is -2.38. The van der Waals surface area contributed by atoms with Crippen molar-refractivity contribution in [3.63, 3.8) is 0 Å². The van der Waals surface area contributed by atoms with Crippen molar-refractivity contribution in [2.24, 2.45) is 0 Å². The molecule has 1 aliphatic rings. The molecule has 172 valence electrons. The van der Waals surface area contributed by atoms with E-state index < -0.39 is 10.0 Å². The maximum absolute atomic E-state index is 12.8. The summed E-state index contributed by atoms with van der Waals surface area (Å²) < 4.78 is 44.2. The largest absolute Gasteiger partial charge is 0.495 e. The Bertz CT molecular complexity index is 1310. The molecular formula is C23H21ClN2O6S. The standard InChI is InChI=1S/C23H21ClN2O6S/c1-14-11-19(21(30-2)13-18(14)24)25-23(27)15-3-5-16(6-4-15)26-33(28,29)17-7-8-20-22(12-17)32-10-9-31-20/h3-8,11-13,26H,9-10H2,1-2H3,(H,25,27). The molecule has 0 saturated carbocycles. The highest BCUT2D eigenvalue weighted by molar-refractivity contribution is 7.92. The molecule has 1 aliphatic heterocycles. The molecule has 0 bridgehead atoms. The average molecular weight is 489 g/mol. The lowest BCUT2D eigenvalue weighted by atomic mass is 10.1. The summed E-state index contributed by atoms with van der Waals surface area (Å²) in [5, 5.41) is 3.31. The molecular weight excluding hydrogens is 468 g/mol. The summed E-state index contributed by atoms with van der Waals surface area (Å²) >= 11 is 6.11. The second-order valence-corrected chi connectivity index (χ2v) is 9.33. The molecule has 0 atom stereocenters. The predicted octanol–water partition coefficient (Wildman–Crippen LogP) is 4.48. The van der Waals surface area contributed by atoms with Gasteiger partial charge in [-0.15, -0.1) is 0 Å². The highest BCUT2D eigenvalue weighted by Gasteiger charge is 2.20. The number of sulfonamides is 1. The highest BCUT2D eigenvalue weighted by Crippen LogP contribution is 2.33. The first-order chi connectivity index (χ1) is 15.8. The molecule has 0 radical (unpaired) electrons. The molecule has 0 unspecified atom stereocenters. The van der Waals surface area contributed by atoms with Crippen LogP contribution in [-0.2, 0) is 10.0 Å². The SMILES string of the molecule is COc1cc(Cl)c(C)cc1NC(=O)c1ccc(NS(=O)(=O)c2ccc3c(c2)OCCO3)cc1. The number of carbonyl (C=O) groups excluding carboxylic acids is 1. The number of hydrogen-bond donors (Lipinski definition) is 2. The molecule has 2 N–H and O–H groups in total. The van der Waals surface area contributed by atoms with Crippen molar-refractivity contribution in [3.05, 3.63) is 70.7 Å². The van der Waals surface area contributed by atoms with Crippen LogP contribution in [0, 0.1) is 6.92 Å². The number of aryl methyl sites for hydroxylation is 1. The Hall–Kier alpha value is -3.43. The number of methoxy groups -OCH3 is 1. The van der Waals surface area contributed by atoms with Crippen molar-refractivity contribution in [2.45, 2.75) is 11.8 Å². The maximum atomic E-state index is 12.8. The first-order valence-corrected chi connectivity index (χ1v) is 11.8. The Morgan fingerprint density at radius 1 is 1.00 bits per heavy atom. The van der Waals surface area contributed by atoms with Crippen molar-refractivity contribution < 1.29 is 27.4 Å². The van der Waals surface area contributed by atoms with Gasteiger partial charge in [-0.25, -0.2) is 8.42 Å². The summed E-state index contributed by atoms with van der Waals surface area (Å²) in [4.78, 5) is 12.7. The molecule has 0 spiro atoms. The molecule has 3 aromatic rings. The fourth-order valence-electron chi connectivity index (χ4n) is 3.22. The third-order valence-corrected chi connectivity index (χ3v) is 6.74. The predicted molar refractivity (Wildman–Crippen MR) is 125 cm³/mol. The van der Waals surface area contributed by atoms with Crippen LogP contribution in [0.1, 0.15) is 15.9 Å². The summed E-state index contributed by atoms with van der Waals surface area (Å²) in [6.45, 7) is 2.59. The van der Waals surface area contributed by atoms with E-state index in [1.165, 1.54) is 43.5 Å². The molecule has 0 saturated heterocycles. The van der Waals surface area contributed by atoms with Crippen molar-refractivity contribution in [2.75, 3.05) is 30.4 Å². The first kappa shape index (κ1) is 22.8. The zero-order chi connectivity index (χ0) is 23.6. The van der Waals surface area contributed by atoms with Crippen LogP contribution in [0.5, 0.6) is 17.2 Å². The van der Waals surface area contributed by atoms with E-state index in [0.717, 1.165) is 5.56 Å². The van der Waals surface area contributed by atoms with E-state index in [4.69, 9.17) is 25.8 Å². The maximum Gasteiger partial charge on any atom is 0.262 e. The number of benzene rings is 3. The van der Waals surface area contributed by atoms with Crippen molar-refractivity contribution in [3.8, 4) is 17.2 Å². The van der Waals surface area contributed by atoms with Gasteiger partial charge in [0.1, 0.15) is 19.0 Å². The van der Waals surface area contributed by atoms with E-state index in [2.05, 4.69) is 10.0 Å². The van der Waals surface area contributed by atoms with Crippen LogP contribution in [0.25, 0.3) is 0 Å². The summed E-state index contributed by atoms with van der Waals surface area (Å²) in [5.41, 5.74) is 1.91. The number of carbonyl (C=O) groups is 1. The number of ether oxygens (including phenoxy) is 3. The van der Waals surface area contributed by atoms with E-state index in [-0.39, 0.29) is 10.8 Å². The number of nitrogens with one attached hydrogen (secondary N) is 2. The number of anilines is 2. The molecule has 0 aromatic heterocycles. The molecule has 0 fully saturated rings. The lowest BCUT2D eigenvalue weighted by molar-refractivity contribution is 0.102. The topological polar surface area (TPSA) is 103 Å². The number of hydrogen-bond acceptors (Lipinski definition) is 6. The number of halogens is 1. The van der Waals surface area contributed by atoms with Gasteiger partial charge in [0, 0.05) is 28.4 Å². The van der Waals surface area contributed by atoms with Gasteiger partial charge in [-0.1, -0.05) is 11.6 Å². The van der Waals surface area contributed by atoms with Gasteiger partial charge in [0.05, 0.1) is 17.7 Å². The Morgan fingerprint density at radius 3 is 2.39 bits per heavy atom. The summed E-state index contributed by atoms with van der Waals surface area (Å²) in [5.74, 6) is 0.936. The van der Waals surface area contributed by atoms with E-state index in [9.17, 15) is 13.2 Å². The zero-order valence-electron chi connectivity index (χ0n) is 17.8. The van der Waals surface area contributed by atoms with Gasteiger partial charge in [-0.2, -0.15) is 0 Å². The second kappa shape index (κ2) is 9.21. The Balaban J connectivity index is 1.48. The highest BCUT2D eigenvalue weighted by atomic mass is 35.5. The number of amides is 1. The summed E-state index contributed by atoms with van der Waals surface area (Å²) in [6.07, 6.45) is 0. The third kappa shape index (κ3) is 4.99. The molecule has 1 amide bonds. The Labute approximate surface area is 196 Å². The lowest BCUT2D eigenvalue weighted by Gasteiger charge is -2.19. The van der Waals surface area contributed by atoms with Gasteiger partial charge < -0.3 is 19.5 Å². The molecule has 33 heavy (non-hydrogen) atoms. The van der Waals surface area contributed by atoms with Crippen molar-refractivity contribution >= 4 is 38.9 Å². The molecule has 0 aliphatic carbocycles. The Kier molecular flexibility index (Phi) is 6.35. The van der Waals surface area contributed by atoms with Gasteiger partial charge in [0.25, 0.3) is 15.9 Å². The third-order valence-electron chi connectivity index (χ3n) is 4.95. The number of rotatable bonds is 6. The van der Waals surface area contributed by atoms with Gasteiger partial charge >= 0.3 is 0 Å². The fraction of sp³-hybridized carbons (Fsp3) is 0.174. The quantitative estimate of drug-likeness (QED) is 0.530. The van der Waals surface area contributed by atoms with Crippen LogP contribution >= 0.6 is 11.6 Å². The smallest absolute Gasteiger partial charge is 0.262 e. The van der Waals surface area contributed by atoms with E-state index in [0.29, 0.717) is 52.4 Å². The second-order valence-electron chi connectivity index (χ2n) is 7.24. The minimum absolute atomic E-state index is 0.0405. The van der Waals surface area contributed by atoms with Crippen LogP contribution in [0.2, 0.25) is 5.02 Å². The van der Waals surface area contributed by atoms with E-state index >= 15 is 0 Å². The van der Waals surface area contributed by atoms with Crippen molar-refractivity contribution in [1.29, 1.82) is 0 Å². The molecule has 8 nitrogen and oxygen atoms in total. The zero-order valence-corrected chi connectivity index (χ0v) is 19.4. The normalized spacial score (nSPS) is 12.7. The average Bonchev–Trinajstić information content (AvgIpc) is 2.81. The van der Waals surface area contributed by atoms with Gasteiger partial charge in [-0.3, -0.25) is 9.52 Å². The minimum Gasteiger partial charge on any atom is -0.495 e. The van der Waals surface area contributed by atoms with Crippen LogP contribution < -0.4 is 24.2 Å². The van der Waals surface area contributed by atoms with E-state index in [1.54, 1.807) is 18.2 Å². The lowest BCUT2D eigenvalue weighted by Crippen LogP contribution is -2.17. The fourth-order valence-corrected chi connectivity index (χ4v) is 4.45. The molecule has 3 aromatic carbocycles. The monoisotopic (exact) mass is 488 g/mol. The summed E-state index contributed by atoms with van der Waals surface area (Å²) in [6, 6.07) is 13.8. The number of fused-ring (bicyclic) bond motifs is 1.